The van der Waals surface area contributed by atoms with E-state index >= 15 is 0 Å². The fraction of sp³-hybridized carbons (Fsp3) is 0.238. The van der Waals surface area contributed by atoms with Crippen molar-refractivity contribution in [1.29, 1.82) is 0 Å². The smallest absolute Gasteiger partial charge is 0.328 e. The molecule has 2 aromatic carbocycles. The fourth-order valence-corrected chi connectivity index (χ4v) is 4.99. The topological polar surface area (TPSA) is 76.6 Å². The summed E-state index contributed by atoms with van der Waals surface area (Å²) in [6.45, 7) is 1.83. The molecular weight excluding hydrogens is 422 g/mol. The van der Waals surface area contributed by atoms with Gasteiger partial charge in [-0.05, 0) is 48.4 Å². The lowest BCUT2D eigenvalue weighted by molar-refractivity contribution is -0.132. The molecule has 142 valence electrons. The number of H-pyrrole nitrogens is 1. The Kier molecular flexibility index (Phi) is 3.47. The van der Waals surface area contributed by atoms with Crippen LogP contribution < -0.4 is 0 Å². The number of fused-ring (bicyclic) bond motifs is 4. The number of carbonyl (C=O) groups is 2. The molecule has 2 aliphatic heterocycles. The van der Waals surface area contributed by atoms with E-state index in [1.54, 1.807) is 23.1 Å². The van der Waals surface area contributed by atoms with Crippen LogP contribution in [0.2, 0.25) is 0 Å². The van der Waals surface area contributed by atoms with Gasteiger partial charge in [-0.3, -0.25) is 14.6 Å². The second-order valence-electron chi connectivity index (χ2n) is 7.67. The van der Waals surface area contributed by atoms with Gasteiger partial charge in [-0.1, -0.05) is 28.1 Å². The van der Waals surface area contributed by atoms with Gasteiger partial charge >= 0.3 is 6.03 Å². The van der Waals surface area contributed by atoms with Gasteiger partial charge in [0, 0.05) is 34.5 Å². The van der Waals surface area contributed by atoms with Crippen molar-refractivity contribution in [2.75, 3.05) is 7.05 Å². The Morgan fingerprint density at radius 2 is 2.00 bits per heavy atom. The highest BCUT2D eigenvalue weighted by Gasteiger charge is 2.59. The molecule has 0 radical (unpaired) electrons. The minimum absolute atomic E-state index is 0.122. The Morgan fingerprint density at radius 1 is 1.21 bits per heavy atom. The molecule has 0 unspecified atom stereocenters. The number of rotatable bonds is 1. The van der Waals surface area contributed by atoms with E-state index in [1.165, 1.54) is 11.9 Å². The molecule has 5 rings (SSSR count). The molecule has 0 saturated carbocycles. The molecule has 7 heteroatoms. The molecule has 6 nitrogen and oxygen atoms in total. The molecular formula is C21H18BrN3O3. The van der Waals surface area contributed by atoms with Crippen LogP contribution in [0.5, 0.6) is 5.75 Å². The summed E-state index contributed by atoms with van der Waals surface area (Å²) in [5.41, 5.74) is 2.64. The van der Waals surface area contributed by atoms with Crippen LogP contribution in [0.4, 0.5) is 4.79 Å². The maximum Gasteiger partial charge on any atom is 0.328 e. The Labute approximate surface area is 169 Å². The first-order valence-electron chi connectivity index (χ1n) is 9.01. The number of imide groups is 1. The highest BCUT2D eigenvalue weighted by atomic mass is 79.9. The van der Waals surface area contributed by atoms with E-state index in [-0.39, 0.29) is 17.7 Å². The zero-order valence-electron chi connectivity index (χ0n) is 15.4. The molecule has 0 spiro atoms. The molecule has 2 atom stereocenters. The first-order valence-corrected chi connectivity index (χ1v) is 9.81. The van der Waals surface area contributed by atoms with Crippen LogP contribution in [-0.2, 0) is 11.2 Å². The van der Waals surface area contributed by atoms with Crippen molar-refractivity contribution in [3.8, 4) is 5.75 Å². The van der Waals surface area contributed by atoms with Crippen LogP contribution in [0.3, 0.4) is 0 Å². The molecule has 1 fully saturated rings. The van der Waals surface area contributed by atoms with Crippen molar-refractivity contribution in [1.82, 2.24) is 14.8 Å². The maximum atomic E-state index is 13.1. The van der Waals surface area contributed by atoms with E-state index in [4.69, 9.17) is 0 Å². The fourth-order valence-electron chi connectivity index (χ4n) is 4.63. The van der Waals surface area contributed by atoms with Gasteiger partial charge in [-0.25, -0.2) is 4.79 Å². The number of amides is 3. The molecule has 28 heavy (non-hydrogen) atoms. The average molecular weight is 440 g/mol. The summed E-state index contributed by atoms with van der Waals surface area (Å²) >= 11 is 3.53. The number of urea groups is 1. The SMILES string of the molecule is CN1C(=O)N2[C@H](c3cccc(O)c3)c3[nH]c4ccc(Br)cc4c3C[C@@]2(C)C1=O. The summed E-state index contributed by atoms with van der Waals surface area (Å²) in [6, 6.07) is 12.0. The number of carbonyl (C=O) groups excluding carboxylic acids is 2. The predicted molar refractivity (Wildman–Crippen MR) is 108 cm³/mol. The van der Waals surface area contributed by atoms with Gasteiger partial charge in [-0.2, -0.15) is 0 Å². The van der Waals surface area contributed by atoms with Gasteiger partial charge in [0.2, 0.25) is 0 Å². The number of likely N-dealkylation sites (N-methyl/N-ethyl adjacent to an activating group) is 1. The van der Waals surface area contributed by atoms with Gasteiger partial charge < -0.3 is 10.1 Å². The van der Waals surface area contributed by atoms with Crippen LogP contribution in [0.1, 0.15) is 29.8 Å². The van der Waals surface area contributed by atoms with Crippen LogP contribution >= 0.6 is 15.9 Å². The first-order chi connectivity index (χ1) is 13.3. The van der Waals surface area contributed by atoms with Gasteiger partial charge in [-0.15, -0.1) is 0 Å². The quantitative estimate of drug-likeness (QED) is 0.563. The molecule has 2 aliphatic rings. The number of aromatic hydroxyl groups is 1. The second kappa shape index (κ2) is 5.61. The summed E-state index contributed by atoms with van der Waals surface area (Å²) in [6.07, 6.45) is 0.434. The predicted octanol–water partition coefficient (Wildman–Crippen LogP) is 3.93. The molecule has 2 N–H and O–H groups in total. The average Bonchev–Trinajstić information content (AvgIpc) is 3.09. The summed E-state index contributed by atoms with van der Waals surface area (Å²) in [4.78, 5) is 32.4. The van der Waals surface area contributed by atoms with Crippen LogP contribution in [-0.4, -0.2) is 44.4 Å². The number of nitrogens with zero attached hydrogens (tertiary/aromatic N) is 2. The number of benzene rings is 2. The largest absolute Gasteiger partial charge is 0.508 e. The lowest BCUT2D eigenvalue weighted by Crippen LogP contribution is -2.53. The zero-order valence-corrected chi connectivity index (χ0v) is 16.9. The molecule has 1 aromatic heterocycles. The lowest BCUT2D eigenvalue weighted by atomic mass is 9.81. The third-order valence-corrected chi connectivity index (χ3v) is 6.42. The molecule has 0 bridgehead atoms. The third kappa shape index (κ3) is 2.13. The van der Waals surface area contributed by atoms with E-state index in [0.717, 1.165) is 32.2 Å². The molecule has 0 aliphatic carbocycles. The number of hydrogen-bond donors (Lipinski definition) is 2. The van der Waals surface area contributed by atoms with E-state index < -0.39 is 11.6 Å². The standard InChI is InChI=1S/C21H18BrN3O3/c1-21-10-15-14-9-12(22)6-7-16(14)23-17(15)18(11-4-3-5-13(26)8-11)25(21)20(28)24(2)19(21)27/h3-9,18,23,26H,10H2,1-2H3/t18-,21+/m1/s1. The Morgan fingerprint density at radius 3 is 2.75 bits per heavy atom. The van der Waals surface area contributed by atoms with Crippen molar-refractivity contribution in [3.05, 3.63) is 63.8 Å². The highest BCUT2D eigenvalue weighted by Crippen LogP contribution is 2.48. The Hall–Kier alpha value is -2.80. The van der Waals surface area contributed by atoms with Crippen molar-refractivity contribution < 1.29 is 14.7 Å². The summed E-state index contributed by atoms with van der Waals surface area (Å²) in [5.74, 6) is -0.0887. The van der Waals surface area contributed by atoms with E-state index in [2.05, 4.69) is 20.9 Å². The number of aromatic nitrogens is 1. The van der Waals surface area contributed by atoms with E-state index in [1.807, 2.05) is 31.2 Å². The minimum atomic E-state index is -0.980. The van der Waals surface area contributed by atoms with Crippen LogP contribution in [0.25, 0.3) is 10.9 Å². The number of hydrogen-bond acceptors (Lipinski definition) is 3. The van der Waals surface area contributed by atoms with Crippen molar-refractivity contribution >= 4 is 38.8 Å². The van der Waals surface area contributed by atoms with Gasteiger partial charge in [0.15, 0.2) is 0 Å². The molecule has 3 amide bonds. The summed E-state index contributed by atoms with van der Waals surface area (Å²) in [7, 11) is 1.52. The van der Waals surface area contributed by atoms with E-state index in [0.29, 0.717) is 6.42 Å². The number of nitrogens with one attached hydrogen (secondary N) is 1. The second-order valence-corrected chi connectivity index (χ2v) is 8.59. The maximum absolute atomic E-state index is 13.1. The van der Waals surface area contributed by atoms with E-state index in [9.17, 15) is 14.7 Å². The normalized spacial score (nSPS) is 24.0. The highest BCUT2D eigenvalue weighted by molar-refractivity contribution is 9.10. The van der Waals surface area contributed by atoms with Gasteiger partial charge in [0.25, 0.3) is 5.91 Å². The van der Waals surface area contributed by atoms with Gasteiger partial charge in [0.1, 0.15) is 17.3 Å². The van der Waals surface area contributed by atoms with Crippen molar-refractivity contribution in [2.24, 2.45) is 0 Å². The number of aromatic amines is 1. The third-order valence-electron chi connectivity index (χ3n) is 5.93. The number of phenolic OH excluding ortho intramolecular Hbond substituents is 1. The van der Waals surface area contributed by atoms with Crippen molar-refractivity contribution in [3.63, 3.8) is 0 Å². The molecule has 1 saturated heterocycles. The lowest BCUT2D eigenvalue weighted by Gasteiger charge is -2.42. The minimum Gasteiger partial charge on any atom is -0.508 e. The molecule has 3 heterocycles. The Bertz CT molecular complexity index is 1170. The summed E-state index contributed by atoms with van der Waals surface area (Å²) < 4.78 is 0.953. The monoisotopic (exact) mass is 439 g/mol. The first kappa shape index (κ1) is 17.3. The Balaban J connectivity index is 1.84. The number of phenols is 1. The summed E-state index contributed by atoms with van der Waals surface area (Å²) in [5, 5.41) is 11.1. The van der Waals surface area contributed by atoms with Gasteiger partial charge in [0.05, 0.1) is 0 Å². The zero-order chi connectivity index (χ0) is 19.8. The number of halogens is 1. The van der Waals surface area contributed by atoms with Crippen molar-refractivity contribution in [2.45, 2.75) is 24.9 Å². The molecule has 3 aromatic rings. The van der Waals surface area contributed by atoms with Crippen LogP contribution in [0.15, 0.2) is 46.9 Å². The van der Waals surface area contributed by atoms with Crippen LogP contribution in [0, 0.1) is 0 Å².